The molecular formula is C14H11NO3S. The van der Waals surface area contributed by atoms with Crippen LogP contribution < -0.4 is 0 Å². The summed E-state index contributed by atoms with van der Waals surface area (Å²) in [7, 11) is 0. The Balaban J connectivity index is 2.42. The van der Waals surface area contributed by atoms with Gasteiger partial charge in [-0.1, -0.05) is 42.1 Å². The quantitative estimate of drug-likeness (QED) is 0.481. The van der Waals surface area contributed by atoms with Crippen LogP contribution in [0.3, 0.4) is 0 Å². The van der Waals surface area contributed by atoms with E-state index in [-0.39, 0.29) is 11.5 Å². The molecule has 0 aliphatic heterocycles. The lowest BCUT2D eigenvalue weighted by Crippen LogP contribution is -1.95. The molecule has 2 aromatic rings. The van der Waals surface area contributed by atoms with E-state index in [4.69, 9.17) is 0 Å². The van der Waals surface area contributed by atoms with Crippen molar-refractivity contribution in [1.82, 2.24) is 0 Å². The van der Waals surface area contributed by atoms with E-state index >= 15 is 0 Å². The van der Waals surface area contributed by atoms with E-state index in [9.17, 15) is 14.9 Å². The lowest BCUT2D eigenvalue weighted by molar-refractivity contribution is -0.387. The third-order valence-corrected chi connectivity index (χ3v) is 3.69. The number of para-hydroxylation sites is 1. The van der Waals surface area contributed by atoms with Gasteiger partial charge in [-0.15, -0.1) is 0 Å². The van der Waals surface area contributed by atoms with Gasteiger partial charge in [0, 0.05) is 16.5 Å². The molecular weight excluding hydrogens is 262 g/mol. The van der Waals surface area contributed by atoms with E-state index in [2.05, 4.69) is 0 Å². The molecule has 0 spiro atoms. The van der Waals surface area contributed by atoms with Gasteiger partial charge in [-0.2, -0.15) is 0 Å². The van der Waals surface area contributed by atoms with Crippen LogP contribution in [0.25, 0.3) is 0 Å². The number of benzene rings is 2. The molecule has 2 aromatic carbocycles. The first-order valence-corrected chi connectivity index (χ1v) is 6.42. The molecule has 0 saturated heterocycles. The van der Waals surface area contributed by atoms with Gasteiger partial charge in [0.25, 0.3) is 5.69 Å². The SMILES string of the molecule is CC(=O)c1ccccc1Sc1ccccc1[N+](=O)[O-]. The van der Waals surface area contributed by atoms with E-state index in [1.165, 1.54) is 24.8 Å². The van der Waals surface area contributed by atoms with Gasteiger partial charge < -0.3 is 0 Å². The summed E-state index contributed by atoms with van der Waals surface area (Å²) in [4.78, 5) is 23.3. The van der Waals surface area contributed by atoms with Gasteiger partial charge in [-0.05, 0) is 19.1 Å². The van der Waals surface area contributed by atoms with Crippen molar-refractivity contribution < 1.29 is 9.72 Å². The third-order valence-electron chi connectivity index (χ3n) is 2.55. The number of rotatable bonds is 4. The molecule has 0 heterocycles. The lowest BCUT2D eigenvalue weighted by Gasteiger charge is -2.06. The van der Waals surface area contributed by atoms with Gasteiger partial charge in [0.1, 0.15) is 0 Å². The van der Waals surface area contributed by atoms with Crippen LogP contribution in [0.5, 0.6) is 0 Å². The predicted molar refractivity (Wildman–Crippen MR) is 73.7 cm³/mol. The summed E-state index contributed by atoms with van der Waals surface area (Å²) in [6, 6.07) is 13.6. The Bertz CT molecular complexity index is 585. The number of hydrogen-bond donors (Lipinski definition) is 0. The fourth-order valence-corrected chi connectivity index (χ4v) is 2.76. The second kappa shape index (κ2) is 5.67. The summed E-state index contributed by atoms with van der Waals surface area (Å²) in [5.41, 5.74) is 0.622. The minimum Gasteiger partial charge on any atom is -0.294 e. The molecule has 5 heteroatoms. The van der Waals surface area contributed by atoms with Crippen molar-refractivity contribution >= 4 is 23.2 Å². The molecule has 96 valence electrons. The molecule has 0 unspecified atom stereocenters. The van der Waals surface area contributed by atoms with Crippen LogP contribution in [0.15, 0.2) is 58.3 Å². The van der Waals surface area contributed by atoms with E-state index in [0.29, 0.717) is 10.5 Å². The largest absolute Gasteiger partial charge is 0.294 e. The zero-order valence-corrected chi connectivity index (χ0v) is 11.0. The topological polar surface area (TPSA) is 60.2 Å². The highest BCUT2D eigenvalue weighted by Crippen LogP contribution is 2.36. The Hall–Kier alpha value is -2.14. The smallest absolute Gasteiger partial charge is 0.283 e. The van der Waals surface area contributed by atoms with E-state index < -0.39 is 4.92 Å². The summed E-state index contributed by atoms with van der Waals surface area (Å²) in [6.07, 6.45) is 0. The second-order valence-electron chi connectivity index (χ2n) is 3.88. The van der Waals surface area contributed by atoms with Gasteiger partial charge in [0.2, 0.25) is 0 Å². The first kappa shape index (κ1) is 13.3. The van der Waals surface area contributed by atoms with E-state index in [1.54, 1.807) is 36.4 Å². The number of carbonyl (C=O) groups is 1. The van der Waals surface area contributed by atoms with Gasteiger partial charge in [-0.3, -0.25) is 14.9 Å². The van der Waals surface area contributed by atoms with Crippen LogP contribution in [0.2, 0.25) is 0 Å². The monoisotopic (exact) mass is 273 g/mol. The summed E-state index contributed by atoms with van der Waals surface area (Å²) in [5, 5.41) is 11.0. The molecule has 0 bridgehead atoms. The van der Waals surface area contributed by atoms with E-state index in [1.807, 2.05) is 6.07 Å². The predicted octanol–water partition coefficient (Wildman–Crippen LogP) is 3.95. The standard InChI is InChI=1S/C14H11NO3S/c1-10(16)11-6-2-4-8-13(11)19-14-9-5-3-7-12(14)15(17)18/h2-9H,1H3. The van der Waals surface area contributed by atoms with Crippen molar-refractivity contribution in [2.24, 2.45) is 0 Å². The summed E-state index contributed by atoms with van der Waals surface area (Å²) in [6.45, 7) is 1.48. The van der Waals surface area contributed by atoms with Crippen LogP contribution in [0.4, 0.5) is 5.69 Å². The highest BCUT2D eigenvalue weighted by atomic mass is 32.2. The molecule has 0 atom stereocenters. The highest BCUT2D eigenvalue weighted by Gasteiger charge is 2.15. The minimum absolute atomic E-state index is 0.0471. The van der Waals surface area contributed by atoms with Gasteiger partial charge >= 0.3 is 0 Å². The van der Waals surface area contributed by atoms with Crippen LogP contribution in [-0.4, -0.2) is 10.7 Å². The number of Topliss-reactive ketones (excluding diaryl/α,β-unsaturated/α-hetero) is 1. The van der Waals surface area contributed by atoms with Gasteiger partial charge in [0.15, 0.2) is 5.78 Å². The fraction of sp³-hybridized carbons (Fsp3) is 0.0714. The summed E-state index contributed by atoms with van der Waals surface area (Å²) < 4.78 is 0. The van der Waals surface area contributed by atoms with Gasteiger partial charge in [0.05, 0.1) is 9.82 Å². The number of hydrogen-bond acceptors (Lipinski definition) is 4. The molecule has 0 radical (unpaired) electrons. The Kier molecular flexibility index (Phi) is 3.97. The summed E-state index contributed by atoms with van der Waals surface area (Å²) >= 11 is 1.23. The summed E-state index contributed by atoms with van der Waals surface area (Å²) in [5.74, 6) is -0.0540. The molecule has 0 amide bonds. The van der Waals surface area contributed by atoms with Crippen molar-refractivity contribution in [2.75, 3.05) is 0 Å². The molecule has 0 N–H and O–H groups in total. The molecule has 2 rings (SSSR count). The molecule has 19 heavy (non-hydrogen) atoms. The first-order chi connectivity index (χ1) is 9.09. The van der Waals surface area contributed by atoms with Crippen molar-refractivity contribution in [3.05, 3.63) is 64.2 Å². The van der Waals surface area contributed by atoms with E-state index in [0.717, 1.165) is 4.90 Å². The maximum atomic E-state index is 11.5. The Morgan fingerprint density at radius 3 is 2.26 bits per heavy atom. The van der Waals surface area contributed by atoms with Crippen LogP contribution in [-0.2, 0) is 0 Å². The average molecular weight is 273 g/mol. The van der Waals surface area contributed by atoms with Crippen LogP contribution >= 0.6 is 11.8 Å². The highest BCUT2D eigenvalue weighted by molar-refractivity contribution is 7.99. The van der Waals surface area contributed by atoms with Crippen molar-refractivity contribution in [3.63, 3.8) is 0 Å². The van der Waals surface area contributed by atoms with Crippen molar-refractivity contribution in [1.29, 1.82) is 0 Å². The lowest BCUT2D eigenvalue weighted by atomic mass is 10.1. The third kappa shape index (κ3) is 3.00. The number of ketones is 1. The Labute approximate surface area is 114 Å². The number of carbonyl (C=O) groups excluding carboxylic acids is 1. The minimum atomic E-state index is -0.418. The maximum Gasteiger partial charge on any atom is 0.283 e. The zero-order valence-electron chi connectivity index (χ0n) is 10.2. The van der Waals surface area contributed by atoms with Crippen LogP contribution in [0.1, 0.15) is 17.3 Å². The Morgan fingerprint density at radius 2 is 1.63 bits per heavy atom. The molecule has 0 saturated carbocycles. The molecule has 0 fully saturated rings. The first-order valence-electron chi connectivity index (χ1n) is 5.61. The number of nitro groups is 1. The average Bonchev–Trinajstić information content (AvgIpc) is 2.39. The normalized spacial score (nSPS) is 10.2. The van der Waals surface area contributed by atoms with Crippen molar-refractivity contribution in [2.45, 2.75) is 16.7 Å². The number of nitrogens with zero attached hydrogens (tertiary/aromatic N) is 1. The molecule has 0 aliphatic carbocycles. The maximum absolute atomic E-state index is 11.5. The zero-order chi connectivity index (χ0) is 13.8. The molecule has 4 nitrogen and oxygen atoms in total. The second-order valence-corrected chi connectivity index (χ2v) is 4.96. The number of nitro benzene ring substituents is 1. The van der Waals surface area contributed by atoms with Crippen molar-refractivity contribution in [3.8, 4) is 0 Å². The van der Waals surface area contributed by atoms with Gasteiger partial charge in [-0.25, -0.2) is 0 Å². The fourth-order valence-electron chi connectivity index (χ4n) is 1.66. The Morgan fingerprint density at radius 1 is 1.05 bits per heavy atom. The molecule has 0 aromatic heterocycles. The molecule has 0 aliphatic rings. The van der Waals surface area contributed by atoms with Crippen LogP contribution in [0, 0.1) is 10.1 Å².